The van der Waals surface area contributed by atoms with E-state index >= 15 is 4.79 Å². The van der Waals surface area contributed by atoms with E-state index in [4.69, 9.17) is 9.47 Å². The van der Waals surface area contributed by atoms with E-state index in [1.807, 2.05) is 68.4 Å². The molecule has 10 heteroatoms. The minimum atomic E-state index is -1.19. The smallest absolute Gasteiger partial charge is 0.408 e. The maximum atomic E-state index is 15.1. The van der Waals surface area contributed by atoms with Crippen LogP contribution in [0, 0.1) is 12.8 Å². The first-order valence-electron chi connectivity index (χ1n) is 18.5. The number of rotatable bonds is 15. The molecule has 0 aliphatic heterocycles. The topological polar surface area (TPSA) is 134 Å². The number of ether oxygens (including phenoxy) is 2. The van der Waals surface area contributed by atoms with E-state index in [0.717, 1.165) is 17.5 Å². The minimum absolute atomic E-state index is 0.0581. The van der Waals surface area contributed by atoms with Crippen LogP contribution in [-0.4, -0.2) is 63.2 Å². The lowest BCUT2D eigenvalue weighted by Gasteiger charge is -2.39. The number of hydrogen-bond acceptors (Lipinski definition) is 7. The lowest BCUT2D eigenvalue weighted by Crippen LogP contribution is -2.57. The molecule has 0 fully saturated rings. The van der Waals surface area contributed by atoms with E-state index in [1.54, 1.807) is 58.6 Å². The number of nitrogens with one attached hydrogen (secondary N) is 2. The van der Waals surface area contributed by atoms with E-state index in [0.29, 0.717) is 23.5 Å². The number of phenolic OH excluding ortho intramolecular Hbond substituents is 1. The summed E-state index contributed by atoms with van der Waals surface area (Å²) in [6.07, 6.45) is 0.778. The number of aromatic hydroxyl groups is 1. The van der Waals surface area contributed by atoms with Gasteiger partial charge in [-0.3, -0.25) is 9.59 Å². The number of aryl methyl sites for hydroxylation is 1. The molecule has 0 saturated heterocycles. The highest BCUT2D eigenvalue weighted by Crippen LogP contribution is 2.29. The maximum absolute atomic E-state index is 15.1. The maximum Gasteiger partial charge on any atom is 0.408 e. The summed E-state index contributed by atoms with van der Waals surface area (Å²) >= 11 is 0. The molecule has 0 bridgehead atoms. The summed E-state index contributed by atoms with van der Waals surface area (Å²) in [4.78, 5) is 58.5. The number of hydrogen-bond donors (Lipinski definition) is 3. The summed E-state index contributed by atoms with van der Waals surface area (Å²) in [6.45, 7) is 18.5. The van der Waals surface area contributed by atoms with Crippen molar-refractivity contribution in [2.24, 2.45) is 5.92 Å². The molecule has 53 heavy (non-hydrogen) atoms. The van der Waals surface area contributed by atoms with Crippen LogP contribution in [0.15, 0.2) is 78.9 Å². The number of alkyl carbamates (subject to hydrolysis) is 1. The second-order valence-electron chi connectivity index (χ2n) is 16.2. The molecule has 10 nitrogen and oxygen atoms in total. The van der Waals surface area contributed by atoms with Crippen molar-refractivity contribution >= 4 is 23.9 Å². The first-order valence-corrected chi connectivity index (χ1v) is 18.5. The molecule has 288 valence electrons. The zero-order valence-electron chi connectivity index (χ0n) is 33.1. The second-order valence-corrected chi connectivity index (χ2v) is 16.2. The third kappa shape index (κ3) is 14.2. The Morgan fingerprint density at radius 2 is 1.25 bits per heavy atom. The highest BCUT2D eigenvalue weighted by molar-refractivity contribution is 5.94. The number of esters is 1. The zero-order chi connectivity index (χ0) is 39.5. The van der Waals surface area contributed by atoms with Crippen LogP contribution >= 0.6 is 0 Å². The molecule has 0 aliphatic carbocycles. The number of nitrogens with zero attached hydrogens (tertiary/aromatic N) is 1. The standard InChI is InChI=1S/C43H59N3O7/c1-28(2)16-19-30(4)46(39(49)35(45-41(51)53-43(8,9)10)26-32-20-24-34(47)25-21-32)37(33-22-17-29(3)18-23-33)38(48)44-36(40(50)52-42(5,6)7)27-31-14-12-11-13-15-31/h11-15,17-18,20-25,28,30,35-37,47H,16,19,26-27H2,1-10H3,(H,44,48)(H,45,51). The molecule has 3 N–H and O–H groups in total. The van der Waals surface area contributed by atoms with Crippen molar-refractivity contribution in [1.82, 2.24) is 15.5 Å². The Labute approximate surface area is 315 Å². The first kappa shape index (κ1) is 42.6. The van der Waals surface area contributed by atoms with Gasteiger partial charge >= 0.3 is 12.1 Å². The number of carbonyl (C=O) groups is 4. The van der Waals surface area contributed by atoms with E-state index in [9.17, 15) is 19.5 Å². The van der Waals surface area contributed by atoms with Crippen molar-refractivity contribution in [3.8, 4) is 5.75 Å². The number of phenols is 1. The molecule has 4 unspecified atom stereocenters. The summed E-state index contributed by atoms with van der Waals surface area (Å²) in [5, 5.41) is 15.7. The summed E-state index contributed by atoms with van der Waals surface area (Å²) in [5.41, 5.74) is 1.36. The molecule has 3 aromatic carbocycles. The first-order chi connectivity index (χ1) is 24.7. The highest BCUT2D eigenvalue weighted by Gasteiger charge is 2.40. The normalized spacial score (nSPS) is 14.0. The Morgan fingerprint density at radius 1 is 0.698 bits per heavy atom. The summed E-state index contributed by atoms with van der Waals surface area (Å²) in [7, 11) is 0. The lowest BCUT2D eigenvalue weighted by atomic mass is 9.95. The third-order valence-corrected chi connectivity index (χ3v) is 8.47. The third-order valence-electron chi connectivity index (χ3n) is 8.47. The van der Waals surface area contributed by atoms with Gasteiger partial charge in [-0.1, -0.05) is 86.1 Å². The van der Waals surface area contributed by atoms with Crippen LogP contribution in [0.1, 0.15) is 103 Å². The van der Waals surface area contributed by atoms with Crippen molar-refractivity contribution in [2.45, 2.75) is 130 Å². The van der Waals surface area contributed by atoms with E-state index in [1.165, 1.54) is 12.1 Å². The van der Waals surface area contributed by atoms with Gasteiger partial charge in [0, 0.05) is 18.9 Å². The van der Waals surface area contributed by atoms with Gasteiger partial charge in [-0.05, 0) is 103 Å². The van der Waals surface area contributed by atoms with Gasteiger partial charge in [0.05, 0.1) is 0 Å². The predicted molar refractivity (Wildman–Crippen MR) is 207 cm³/mol. The summed E-state index contributed by atoms with van der Waals surface area (Å²) < 4.78 is 11.4. The van der Waals surface area contributed by atoms with Crippen LogP contribution in [0.2, 0.25) is 0 Å². The molecule has 3 aromatic rings. The minimum Gasteiger partial charge on any atom is -0.508 e. The zero-order valence-corrected chi connectivity index (χ0v) is 33.1. The molecule has 0 aromatic heterocycles. The quantitative estimate of drug-likeness (QED) is 0.137. The Bertz CT molecular complexity index is 1640. The predicted octanol–water partition coefficient (Wildman–Crippen LogP) is 7.60. The Balaban J connectivity index is 2.18. The van der Waals surface area contributed by atoms with Crippen LogP contribution in [0.4, 0.5) is 4.79 Å². The van der Waals surface area contributed by atoms with E-state index < -0.39 is 59.2 Å². The molecule has 0 spiro atoms. The fourth-order valence-electron chi connectivity index (χ4n) is 5.86. The van der Waals surface area contributed by atoms with Crippen molar-refractivity contribution in [2.75, 3.05) is 0 Å². The van der Waals surface area contributed by atoms with Gasteiger partial charge in [-0.25, -0.2) is 9.59 Å². The molecular formula is C43H59N3O7. The Hall–Kier alpha value is -4.86. The van der Waals surface area contributed by atoms with Gasteiger partial charge in [0.1, 0.15) is 35.1 Å². The molecule has 3 rings (SSSR count). The van der Waals surface area contributed by atoms with Gasteiger partial charge in [0.2, 0.25) is 11.8 Å². The van der Waals surface area contributed by atoms with Gasteiger partial charge < -0.3 is 30.1 Å². The van der Waals surface area contributed by atoms with Crippen LogP contribution in [-0.2, 0) is 36.7 Å². The second kappa shape index (κ2) is 18.8. The van der Waals surface area contributed by atoms with E-state index in [2.05, 4.69) is 24.5 Å². The van der Waals surface area contributed by atoms with E-state index in [-0.39, 0.29) is 18.6 Å². The number of carbonyl (C=O) groups excluding carboxylic acids is 4. The molecule has 0 saturated carbocycles. The molecular weight excluding hydrogens is 670 g/mol. The molecule has 4 atom stereocenters. The van der Waals surface area contributed by atoms with Crippen LogP contribution in [0.3, 0.4) is 0 Å². The monoisotopic (exact) mass is 729 g/mol. The molecule has 0 heterocycles. The van der Waals surface area contributed by atoms with Crippen LogP contribution < -0.4 is 10.6 Å². The van der Waals surface area contributed by atoms with Crippen LogP contribution in [0.25, 0.3) is 0 Å². The molecule has 0 aliphatic rings. The van der Waals surface area contributed by atoms with Gasteiger partial charge in [0.15, 0.2) is 0 Å². The van der Waals surface area contributed by atoms with Crippen molar-refractivity contribution < 1.29 is 33.8 Å². The van der Waals surface area contributed by atoms with Gasteiger partial charge in [-0.2, -0.15) is 0 Å². The summed E-state index contributed by atoms with van der Waals surface area (Å²) in [5.74, 6) is -1.29. The largest absolute Gasteiger partial charge is 0.508 e. The molecule has 0 radical (unpaired) electrons. The van der Waals surface area contributed by atoms with Crippen molar-refractivity contribution in [3.05, 3.63) is 101 Å². The fraction of sp³-hybridized carbons (Fsp3) is 0.488. The van der Waals surface area contributed by atoms with Crippen molar-refractivity contribution in [3.63, 3.8) is 0 Å². The summed E-state index contributed by atoms with van der Waals surface area (Å²) in [6, 6.07) is 19.2. The lowest BCUT2D eigenvalue weighted by molar-refractivity contribution is -0.159. The fourth-order valence-corrected chi connectivity index (χ4v) is 5.86. The Kier molecular flexibility index (Phi) is 15.1. The molecule has 3 amide bonds. The number of amides is 3. The van der Waals surface area contributed by atoms with Gasteiger partial charge in [0.25, 0.3) is 0 Å². The van der Waals surface area contributed by atoms with Crippen molar-refractivity contribution in [1.29, 1.82) is 0 Å². The SMILES string of the molecule is Cc1ccc(C(C(=O)NC(Cc2ccccc2)C(=O)OC(C)(C)C)N(C(=O)C(Cc2ccc(O)cc2)NC(=O)OC(C)(C)C)C(C)CCC(C)C)cc1. The average Bonchev–Trinajstić information content (AvgIpc) is 3.05. The highest BCUT2D eigenvalue weighted by atomic mass is 16.6. The number of benzene rings is 3. The average molecular weight is 730 g/mol. The Morgan fingerprint density at radius 3 is 1.79 bits per heavy atom. The van der Waals surface area contributed by atoms with Crippen LogP contribution in [0.5, 0.6) is 5.75 Å². The van der Waals surface area contributed by atoms with Gasteiger partial charge in [-0.15, -0.1) is 0 Å².